The van der Waals surface area contributed by atoms with E-state index in [1.807, 2.05) is 49.4 Å². The number of amides is 1. The van der Waals surface area contributed by atoms with E-state index in [2.05, 4.69) is 23.5 Å². The van der Waals surface area contributed by atoms with Gasteiger partial charge in [-0.15, -0.1) is 0 Å². The number of carbonyl (C=O) groups excluding carboxylic acids is 1. The number of aliphatic hydroxyl groups excluding tert-OH is 1. The molecule has 3 nitrogen and oxygen atoms in total. The van der Waals surface area contributed by atoms with Gasteiger partial charge >= 0.3 is 0 Å². The summed E-state index contributed by atoms with van der Waals surface area (Å²) in [5, 5.41) is 12.2. The van der Waals surface area contributed by atoms with E-state index in [1.165, 1.54) is 22.3 Å². The van der Waals surface area contributed by atoms with Crippen molar-refractivity contribution in [3.8, 4) is 11.1 Å². The number of hydrogen-bond acceptors (Lipinski definition) is 2. The second kappa shape index (κ2) is 6.19. The van der Waals surface area contributed by atoms with Crippen molar-refractivity contribution >= 4 is 11.6 Å². The van der Waals surface area contributed by atoms with Crippen molar-refractivity contribution < 1.29 is 9.90 Å². The van der Waals surface area contributed by atoms with Gasteiger partial charge in [0.2, 0.25) is 0 Å². The van der Waals surface area contributed by atoms with E-state index in [1.54, 1.807) is 0 Å². The molecular formula is C22H19NO2. The maximum Gasteiger partial charge on any atom is 0.255 e. The number of hydrogen-bond donors (Lipinski definition) is 2. The van der Waals surface area contributed by atoms with Gasteiger partial charge in [0, 0.05) is 11.3 Å². The largest absolute Gasteiger partial charge is 0.392 e. The van der Waals surface area contributed by atoms with Gasteiger partial charge in [0.15, 0.2) is 0 Å². The zero-order valence-corrected chi connectivity index (χ0v) is 14.0. The second-order valence-corrected chi connectivity index (χ2v) is 6.47. The van der Waals surface area contributed by atoms with Gasteiger partial charge in [-0.1, -0.05) is 42.5 Å². The molecule has 25 heavy (non-hydrogen) atoms. The zero-order chi connectivity index (χ0) is 17.4. The van der Waals surface area contributed by atoms with Crippen LogP contribution in [-0.4, -0.2) is 11.0 Å². The van der Waals surface area contributed by atoms with E-state index in [-0.39, 0.29) is 12.5 Å². The molecule has 3 aromatic rings. The molecule has 0 aromatic heterocycles. The fourth-order valence-electron chi connectivity index (χ4n) is 3.38. The van der Waals surface area contributed by atoms with Crippen LogP contribution in [0.25, 0.3) is 11.1 Å². The zero-order valence-electron chi connectivity index (χ0n) is 14.0. The number of aryl methyl sites for hydroxylation is 1. The molecule has 2 N–H and O–H groups in total. The van der Waals surface area contributed by atoms with Crippen molar-refractivity contribution in [1.82, 2.24) is 0 Å². The predicted octanol–water partition coefficient (Wildman–Crippen LogP) is 4.31. The highest BCUT2D eigenvalue weighted by atomic mass is 16.3. The molecule has 3 aromatic carbocycles. The molecule has 4 rings (SSSR count). The maximum atomic E-state index is 12.7. The Morgan fingerprint density at radius 2 is 1.80 bits per heavy atom. The second-order valence-electron chi connectivity index (χ2n) is 6.47. The molecule has 0 spiro atoms. The number of benzene rings is 3. The lowest BCUT2D eigenvalue weighted by Gasteiger charge is -2.11. The monoisotopic (exact) mass is 329 g/mol. The highest BCUT2D eigenvalue weighted by Crippen LogP contribution is 2.36. The topological polar surface area (TPSA) is 49.3 Å². The van der Waals surface area contributed by atoms with Crippen molar-refractivity contribution in [3.63, 3.8) is 0 Å². The Labute approximate surface area is 147 Å². The van der Waals surface area contributed by atoms with Crippen molar-refractivity contribution in [2.75, 3.05) is 5.32 Å². The lowest BCUT2D eigenvalue weighted by Crippen LogP contribution is -2.13. The Bertz CT molecular complexity index is 976. The molecule has 0 unspecified atom stereocenters. The third-order valence-corrected chi connectivity index (χ3v) is 4.79. The summed E-state index contributed by atoms with van der Waals surface area (Å²) >= 11 is 0. The molecule has 1 aliphatic rings. The smallest absolute Gasteiger partial charge is 0.255 e. The predicted molar refractivity (Wildman–Crippen MR) is 99.7 cm³/mol. The van der Waals surface area contributed by atoms with Crippen LogP contribution in [0.15, 0.2) is 60.7 Å². The summed E-state index contributed by atoms with van der Waals surface area (Å²) < 4.78 is 0. The summed E-state index contributed by atoms with van der Waals surface area (Å²) in [5.41, 5.74) is 8.11. The van der Waals surface area contributed by atoms with Crippen LogP contribution < -0.4 is 5.32 Å². The molecule has 1 aliphatic carbocycles. The summed E-state index contributed by atoms with van der Waals surface area (Å²) in [5.74, 6) is -0.128. The fourth-order valence-corrected chi connectivity index (χ4v) is 3.38. The van der Waals surface area contributed by atoms with Crippen LogP contribution in [-0.2, 0) is 13.0 Å². The number of fused-ring (bicyclic) bond motifs is 3. The lowest BCUT2D eigenvalue weighted by atomic mass is 10.0. The quantitative estimate of drug-likeness (QED) is 0.588. The van der Waals surface area contributed by atoms with Crippen LogP contribution in [0, 0.1) is 6.92 Å². The Hall–Kier alpha value is -2.91. The van der Waals surface area contributed by atoms with Crippen molar-refractivity contribution in [2.24, 2.45) is 0 Å². The molecule has 0 aliphatic heterocycles. The highest BCUT2D eigenvalue weighted by Gasteiger charge is 2.19. The highest BCUT2D eigenvalue weighted by molar-refractivity contribution is 6.05. The molecule has 0 saturated carbocycles. The first-order chi connectivity index (χ1) is 12.2. The third kappa shape index (κ3) is 2.83. The standard InChI is InChI=1S/C22H19NO2/c1-14-6-7-15(13-24)10-21(14)23-22(25)17-8-9-20-18(12-17)11-16-4-2-3-5-19(16)20/h2-10,12,24H,11,13H2,1H3,(H,23,25). The summed E-state index contributed by atoms with van der Waals surface area (Å²) in [6, 6.07) is 19.8. The van der Waals surface area contributed by atoms with Gasteiger partial charge in [0.25, 0.3) is 5.91 Å². The van der Waals surface area contributed by atoms with Gasteiger partial charge in [0.05, 0.1) is 6.61 Å². The van der Waals surface area contributed by atoms with Crippen LogP contribution >= 0.6 is 0 Å². The summed E-state index contributed by atoms with van der Waals surface area (Å²) in [6.07, 6.45) is 0.867. The molecule has 1 amide bonds. The molecule has 3 heteroatoms. The van der Waals surface area contributed by atoms with Crippen LogP contribution in [0.3, 0.4) is 0 Å². The van der Waals surface area contributed by atoms with E-state index in [0.717, 1.165) is 23.2 Å². The minimum absolute atomic E-state index is 0.0414. The maximum absolute atomic E-state index is 12.7. The average Bonchev–Trinajstić information content (AvgIpc) is 3.01. The molecule has 0 atom stereocenters. The van der Waals surface area contributed by atoms with Crippen LogP contribution in [0.4, 0.5) is 5.69 Å². The average molecular weight is 329 g/mol. The summed E-state index contributed by atoms with van der Waals surface area (Å²) in [7, 11) is 0. The van der Waals surface area contributed by atoms with Gasteiger partial charge in [-0.3, -0.25) is 4.79 Å². The van der Waals surface area contributed by atoms with E-state index >= 15 is 0 Å². The summed E-state index contributed by atoms with van der Waals surface area (Å²) in [6.45, 7) is 1.90. The number of nitrogens with one attached hydrogen (secondary N) is 1. The van der Waals surface area contributed by atoms with Crippen molar-refractivity contribution in [3.05, 3.63) is 88.5 Å². The van der Waals surface area contributed by atoms with Crippen LogP contribution in [0.5, 0.6) is 0 Å². The Morgan fingerprint density at radius 1 is 1.00 bits per heavy atom. The van der Waals surface area contributed by atoms with Crippen LogP contribution in [0.1, 0.15) is 32.6 Å². The van der Waals surface area contributed by atoms with Gasteiger partial charge in [-0.05, 0) is 64.9 Å². The third-order valence-electron chi connectivity index (χ3n) is 4.79. The molecule has 0 heterocycles. The van der Waals surface area contributed by atoms with Crippen molar-refractivity contribution in [2.45, 2.75) is 20.0 Å². The molecule has 0 fully saturated rings. The minimum atomic E-state index is -0.128. The van der Waals surface area contributed by atoms with Crippen molar-refractivity contribution in [1.29, 1.82) is 0 Å². The van der Waals surface area contributed by atoms with E-state index in [9.17, 15) is 9.90 Å². The molecule has 0 saturated heterocycles. The molecule has 124 valence electrons. The fraction of sp³-hybridized carbons (Fsp3) is 0.136. The number of anilines is 1. The first-order valence-corrected chi connectivity index (χ1v) is 8.38. The van der Waals surface area contributed by atoms with E-state index in [4.69, 9.17) is 0 Å². The SMILES string of the molecule is Cc1ccc(CO)cc1NC(=O)c1ccc2c(c1)Cc1ccccc1-2. The Balaban J connectivity index is 1.61. The van der Waals surface area contributed by atoms with E-state index < -0.39 is 0 Å². The van der Waals surface area contributed by atoms with Gasteiger partial charge in [0.1, 0.15) is 0 Å². The number of aliphatic hydroxyl groups is 1. The Morgan fingerprint density at radius 3 is 2.64 bits per heavy atom. The number of rotatable bonds is 3. The minimum Gasteiger partial charge on any atom is -0.392 e. The van der Waals surface area contributed by atoms with E-state index in [0.29, 0.717) is 5.56 Å². The lowest BCUT2D eigenvalue weighted by molar-refractivity contribution is 0.102. The number of carbonyl (C=O) groups is 1. The van der Waals surface area contributed by atoms with Gasteiger partial charge < -0.3 is 10.4 Å². The molecule has 0 bridgehead atoms. The van der Waals surface area contributed by atoms with Gasteiger partial charge in [-0.25, -0.2) is 0 Å². The molecular weight excluding hydrogens is 310 g/mol. The van der Waals surface area contributed by atoms with Crippen LogP contribution in [0.2, 0.25) is 0 Å². The summed E-state index contributed by atoms with van der Waals surface area (Å²) in [4.78, 5) is 12.7. The first-order valence-electron chi connectivity index (χ1n) is 8.38. The Kier molecular flexibility index (Phi) is 3.86. The van der Waals surface area contributed by atoms with Gasteiger partial charge in [-0.2, -0.15) is 0 Å². The molecule has 0 radical (unpaired) electrons. The normalized spacial score (nSPS) is 11.8. The first kappa shape index (κ1) is 15.6.